The highest BCUT2D eigenvalue weighted by atomic mass is 16.5. The van der Waals surface area contributed by atoms with Gasteiger partial charge in [-0.05, 0) is 37.2 Å². The first-order chi connectivity index (χ1) is 12.2. The van der Waals surface area contributed by atoms with Crippen LogP contribution in [0.3, 0.4) is 0 Å². The smallest absolute Gasteiger partial charge is 0.191 e. The normalized spacial score (nSPS) is 14.6. The third kappa shape index (κ3) is 8.25. The molecule has 1 aromatic carbocycles. The number of rotatable bonds is 11. The first-order valence-electron chi connectivity index (χ1n) is 9.42. The highest BCUT2D eigenvalue weighted by Crippen LogP contribution is 2.28. The van der Waals surface area contributed by atoms with Gasteiger partial charge in [0.2, 0.25) is 0 Å². The van der Waals surface area contributed by atoms with E-state index in [2.05, 4.69) is 35.5 Å². The molecule has 5 heteroatoms. The average Bonchev–Trinajstić information content (AvgIpc) is 3.43. The maximum atomic E-state index is 5.90. The fraction of sp³-hybridized carbons (Fsp3) is 0.650. The van der Waals surface area contributed by atoms with E-state index >= 15 is 0 Å². The summed E-state index contributed by atoms with van der Waals surface area (Å²) in [5, 5.41) is 6.68. The van der Waals surface area contributed by atoms with Crippen LogP contribution < -0.4 is 15.4 Å². The number of hydrogen-bond acceptors (Lipinski definition) is 3. The molecule has 0 bridgehead atoms. The van der Waals surface area contributed by atoms with E-state index < -0.39 is 0 Å². The van der Waals surface area contributed by atoms with Gasteiger partial charge in [0.1, 0.15) is 5.75 Å². The van der Waals surface area contributed by atoms with Crippen LogP contribution in [0.25, 0.3) is 0 Å². The van der Waals surface area contributed by atoms with Gasteiger partial charge >= 0.3 is 0 Å². The molecule has 2 rings (SSSR count). The number of nitrogens with zero attached hydrogens (tertiary/aromatic N) is 1. The SMILES string of the molecule is CN=C(NCCCOCC1CC1)NCc1ccccc1OCC(C)C. The molecule has 0 heterocycles. The van der Waals surface area contributed by atoms with Crippen LogP contribution in [-0.4, -0.2) is 39.4 Å². The lowest BCUT2D eigenvalue weighted by atomic mass is 10.2. The van der Waals surface area contributed by atoms with Crippen molar-refractivity contribution in [2.75, 3.05) is 33.4 Å². The second-order valence-electron chi connectivity index (χ2n) is 7.04. The summed E-state index contributed by atoms with van der Waals surface area (Å²) in [5.74, 6) is 3.09. The fourth-order valence-corrected chi connectivity index (χ4v) is 2.36. The molecular formula is C20H33N3O2. The zero-order valence-corrected chi connectivity index (χ0v) is 15.9. The molecule has 1 aliphatic carbocycles. The van der Waals surface area contributed by atoms with Gasteiger partial charge < -0.3 is 20.1 Å². The number of guanidine groups is 1. The Morgan fingerprint density at radius 3 is 2.76 bits per heavy atom. The second kappa shape index (κ2) is 11.0. The molecule has 0 aliphatic heterocycles. The van der Waals surface area contributed by atoms with Crippen molar-refractivity contribution < 1.29 is 9.47 Å². The Labute approximate surface area is 152 Å². The molecule has 25 heavy (non-hydrogen) atoms. The third-order valence-corrected chi connectivity index (χ3v) is 4.02. The average molecular weight is 348 g/mol. The number of hydrogen-bond donors (Lipinski definition) is 2. The summed E-state index contributed by atoms with van der Waals surface area (Å²) in [6, 6.07) is 8.15. The van der Waals surface area contributed by atoms with E-state index in [0.717, 1.165) is 56.0 Å². The van der Waals surface area contributed by atoms with Gasteiger partial charge in [0.05, 0.1) is 6.61 Å². The molecule has 0 aromatic heterocycles. The Morgan fingerprint density at radius 1 is 1.24 bits per heavy atom. The standard InChI is InChI=1S/C20H33N3O2/c1-16(2)14-25-19-8-5-4-7-18(19)13-23-20(21-3)22-11-6-12-24-15-17-9-10-17/h4-5,7-8,16-17H,6,9-15H2,1-3H3,(H2,21,22,23). The molecule has 0 unspecified atom stereocenters. The van der Waals surface area contributed by atoms with Crippen LogP contribution in [0.4, 0.5) is 0 Å². The number of aliphatic imine (C=N–C) groups is 1. The lowest BCUT2D eigenvalue weighted by Crippen LogP contribution is -2.37. The maximum absolute atomic E-state index is 5.90. The summed E-state index contributed by atoms with van der Waals surface area (Å²) in [5.41, 5.74) is 1.14. The van der Waals surface area contributed by atoms with Crippen molar-refractivity contribution in [2.45, 2.75) is 39.7 Å². The fourth-order valence-electron chi connectivity index (χ4n) is 2.36. The molecule has 1 aliphatic rings. The molecule has 5 nitrogen and oxygen atoms in total. The Kier molecular flexibility index (Phi) is 8.60. The molecule has 0 saturated heterocycles. The third-order valence-electron chi connectivity index (χ3n) is 4.02. The van der Waals surface area contributed by atoms with Crippen molar-refractivity contribution in [1.82, 2.24) is 10.6 Å². The van der Waals surface area contributed by atoms with E-state index in [-0.39, 0.29) is 0 Å². The minimum absolute atomic E-state index is 0.512. The van der Waals surface area contributed by atoms with Crippen molar-refractivity contribution in [1.29, 1.82) is 0 Å². The van der Waals surface area contributed by atoms with Crippen LogP contribution in [0.1, 0.15) is 38.7 Å². The molecular weight excluding hydrogens is 314 g/mol. The molecule has 2 N–H and O–H groups in total. The van der Waals surface area contributed by atoms with Crippen LogP contribution in [-0.2, 0) is 11.3 Å². The van der Waals surface area contributed by atoms with Gasteiger partial charge in [-0.1, -0.05) is 32.0 Å². The predicted octanol–water partition coefficient (Wildman–Crippen LogP) is 3.20. The van der Waals surface area contributed by atoms with E-state index in [1.54, 1.807) is 7.05 Å². The number of para-hydroxylation sites is 1. The topological polar surface area (TPSA) is 54.9 Å². The second-order valence-corrected chi connectivity index (χ2v) is 7.04. The van der Waals surface area contributed by atoms with Gasteiger partial charge in [0.25, 0.3) is 0 Å². The van der Waals surface area contributed by atoms with Crippen LogP contribution in [0, 0.1) is 11.8 Å². The Bertz CT molecular complexity index is 527. The van der Waals surface area contributed by atoms with Gasteiger partial charge in [0.15, 0.2) is 5.96 Å². The van der Waals surface area contributed by atoms with Crippen molar-refractivity contribution in [3.8, 4) is 5.75 Å². The van der Waals surface area contributed by atoms with E-state index in [9.17, 15) is 0 Å². The summed E-state index contributed by atoms with van der Waals surface area (Å²) in [7, 11) is 1.79. The van der Waals surface area contributed by atoms with Gasteiger partial charge in [-0.25, -0.2) is 0 Å². The molecule has 0 atom stereocenters. The Hall–Kier alpha value is -1.75. The van der Waals surface area contributed by atoms with Crippen molar-refractivity contribution in [2.24, 2.45) is 16.8 Å². The first-order valence-corrected chi connectivity index (χ1v) is 9.42. The highest BCUT2D eigenvalue weighted by molar-refractivity contribution is 5.79. The largest absolute Gasteiger partial charge is 0.493 e. The number of ether oxygens (including phenoxy) is 2. The van der Waals surface area contributed by atoms with Crippen LogP contribution >= 0.6 is 0 Å². The quantitative estimate of drug-likeness (QED) is 0.367. The Balaban J connectivity index is 1.67. The van der Waals surface area contributed by atoms with Crippen molar-refractivity contribution in [3.05, 3.63) is 29.8 Å². The molecule has 0 radical (unpaired) electrons. The van der Waals surface area contributed by atoms with Crippen molar-refractivity contribution in [3.63, 3.8) is 0 Å². The lowest BCUT2D eigenvalue weighted by molar-refractivity contribution is 0.123. The monoisotopic (exact) mass is 347 g/mol. The van der Waals surface area contributed by atoms with Gasteiger partial charge in [-0.3, -0.25) is 4.99 Å². The van der Waals surface area contributed by atoms with Gasteiger partial charge in [-0.15, -0.1) is 0 Å². The molecule has 1 aromatic rings. The molecule has 140 valence electrons. The number of nitrogens with one attached hydrogen (secondary N) is 2. The van der Waals surface area contributed by atoms with Crippen LogP contribution in [0.2, 0.25) is 0 Å². The zero-order chi connectivity index (χ0) is 17.9. The van der Waals surface area contributed by atoms with E-state index in [1.807, 2.05) is 18.2 Å². The minimum atomic E-state index is 0.512. The zero-order valence-electron chi connectivity index (χ0n) is 15.9. The lowest BCUT2D eigenvalue weighted by Gasteiger charge is -2.15. The molecule has 0 spiro atoms. The van der Waals surface area contributed by atoms with Crippen molar-refractivity contribution >= 4 is 5.96 Å². The summed E-state index contributed by atoms with van der Waals surface area (Å²) < 4.78 is 11.5. The van der Waals surface area contributed by atoms with E-state index in [4.69, 9.17) is 9.47 Å². The highest BCUT2D eigenvalue weighted by Gasteiger charge is 2.20. The van der Waals surface area contributed by atoms with Gasteiger partial charge in [0, 0.05) is 38.9 Å². The van der Waals surface area contributed by atoms with Crippen LogP contribution in [0.15, 0.2) is 29.3 Å². The minimum Gasteiger partial charge on any atom is -0.493 e. The Morgan fingerprint density at radius 2 is 2.04 bits per heavy atom. The summed E-state index contributed by atoms with van der Waals surface area (Å²) in [6.45, 7) is 8.32. The summed E-state index contributed by atoms with van der Waals surface area (Å²) in [4.78, 5) is 4.28. The molecule has 1 saturated carbocycles. The summed E-state index contributed by atoms with van der Waals surface area (Å²) >= 11 is 0. The predicted molar refractivity (Wildman–Crippen MR) is 103 cm³/mol. The van der Waals surface area contributed by atoms with E-state index in [0.29, 0.717) is 12.5 Å². The van der Waals surface area contributed by atoms with Crippen LogP contribution in [0.5, 0.6) is 5.75 Å². The molecule has 0 amide bonds. The maximum Gasteiger partial charge on any atom is 0.191 e. The van der Waals surface area contributed by atoms with E-state index in [1.165, 1.54) is 12.8 Å². The summed E-state index contributed by atoms with van der Waals surface area (Å²) in [6.07, 6.45) is 3.68. The molecule has 1 fully saturated rings. The van der Waals surface area contributed by atoms with Gasteiger partial charge in [-0.2, -0.15) is 0 Å². The first kappa shape index (κ1) is 19.6. The number of benzene rings is 1.